The van der Waals surface area contributed by atoms with E-state index in [4.69, 9.17) is 16.1 Å². The Kier molecular flexibility index (Phi) is 6.45. The smallest absolute Gasteiger partial charge is 0.241 e. The lowest BCUT2D eigenvalue weighted by Gasteiger charge is -2.30. The molecule has 7 heteroatoms. The predicted octanol–water partition coefficient (Wildman–Crippen LogP) is 4.23. The highest BCUT2D eigenvalue weighted by Crippen LogP contribution is 2.22. The molecule has 3 aromatic rings. The lowest BCUT2D eigenvalue weighted by Crippen LogP contribution is -2.40. The maximum absolute atomic E-state index is 12.5. The summed E-state index contributed by atoms with van der Waals surface area (Å²) >= 11 is 6.03. The zero-order chi connectivity index (χ0) is 20.9. The van der Waals surface area contributed by atoms with Crippen molar-refractivity contribution in [3.8, 4) is 11.4 Å². The van der Waals surface area contributed by atoms with E-state index in [1.165, 1.54) is 5.56 Å². The normalized spacial score (nSPS) is 15.3. The third kappa shape index (κ3) is 5.26. The Morgan fingerprint density at radius 2 is 2.00 bits per heavy atom. The molecule has 6 nitrogen and oxygen atoms in total. The molecule has 156 valence electrons. The van der Waals surface area contributed by atoms with E-state index in [1.807, 2.05) is 36.4 Å². The number of nitrogens with zero attached hydrogens (tertiary/aromatic N) is 3. The maximum atomic E-state index is 12.5. The fourth-order valence-electron chi connectivity index (χ4n) is 3.76. The van der Waals surface area contributed by atoms with Gasteiger partial charge in [-0.3, -0.25) is 9.69 Å². The van der Waals surface area contributed by atoms with E-state index in [2.05, 4.69) is 39.4 Å². The average Bonchev–Trinajstić information content (AvgIpc) is 3.21. The van der Waals surface area contributed by atoms with E-state index in [0.717, 1.165) is 37.1 Å². The number of hydrogen-bond acceptors (Lipinski definition) is 5. The van der Waals surface area contributed by atoms with Crippen LogP contribution in [0.4, 0.5) is 0 Å². The third-order valence-corrected chi connectivity index (χ3v) is 5.65. The monoisotopic (exact) mass is 424 g/mol. The number of carbonyl (C=O) groups is 1. The van der Waals surface area contributed by atoms with Crippen LogP contribution in [0.5, 0.6) is 0 Å². The average molecular weight is 425 g/mol. The zero-order valence-electron chi connectivity index (χ0n) is 17.0. The first-order valence-corrected chi connectivity index (χ1v) is 10.6. The fraction of sp³-hybridized carbons (Fsp3) is 0.348. The Hall–Kier alpha value is -2.70. The number of amides is 1. The summed E-state index contributed by atoms with van der Waals surface area (Å²) in [6, 6.07) is 15.6. The third-order valence-electron chi connectivity index (χ3n) is 5.42. The van der Waals surface area contributed by atoms with Crippen molar-refractivity contribution in [2.75, 3.05) is 13.1 Å². The topological polar surface area (TPSA) is 71.3 Å². The van der Waals surface area contributed by atoms with Gasteiger partial charge in [-0.25, -0.2) is 0 Å². The first-order valence-electron chi connectivity index (χ1n) is 10.2. The van der Waals surface area contributed by atoms with Gasteiger partial charge in [0.15, 0.2) is 0 Å². The van der Waals surface area contributed by atoms with Gasteiger partial charge < -0.3 is 9.84 Å². The van der Waals surface area contributed by atoms with Crippen molar-refractivity contribution in [3.05, 3.63) is 70.6 Å². The summed E-state index contributed by atoms with van der Waals surface area (Å²) in [5.74, 6) is 1.30. The van der Waals surface area contributed by atoms with E-state index >= 15 is 0 Å². The summed E-state index contributed by atoms with van der Waals surface area (Å²) in [6.07, 6.45) is 1.66. The SMILES string of the molecule is Cc1cccc(CNC(=O)C2CCN(Cc3nc(-c4cccc(Cl)c4)no3)CC2)c1. The number of aromatic nitrogens is 2. The molecular weight excluding hydrogens is 400 g/mol. The van der Waals surface area contributed by atoms with E-state index in [1.54, 1.807) is 0 Å². The summed E-state index contributed by atoms with van der Waals surface area (Å²) in [6.45, 7) is 4.89. The van der Waals surface area contributed by atoms with Gasteiger partial charge in [0.05, 0.1) is 6.54 Å². The van der Waals surface area contributed by atoms with Crippen molar-refractivity contribution in [2.45, 2.75) is 32.9 Å². The van der Waals surface area contributed by atoms with E-state index in [0.29, 0.717) is 29.8 Å². The van der Waals surface area contributed by atoms with Crippen LogP contribution in [0.2, 0.25) is 5.02 Å². The fourth-order valence-corrected chi connectivity index (χ4v) is 3.95. The lowest BCUT2D eigenvalue weighted by atomic mass is 9.96. The Morgan fingerprint density at radius 1 is 1.20 bits per heavy atom. The molecule has 0 spiro atoms. The lowest BCUT2D eigenvalue weighted by molar-refractivity contribution is -0.126. The molecule has 0 atom stereocenters. The zero-order valence-corrected chi connectivity index (χ0v) is 17.7. The van der Waals surface area contributed by atoms with Gasteiger partial charge in [0.25, 0.3) is 0 Å². The van der Waals surface area contributed by atoms with Crippen LogP contribution in [0, 0.1) is 12.8 Å². The minimum atomic E-state index is 0.0516. The van der Waals surface area contributed by atoms with E-state index in [-0.39, 0.29) is 11.8 Å². The Bertz CT molecular complexity index is 1010. The summed E-state index contributed by atoms with van der Waals surface area (Å²) in [5.41, 5.74) is 3.17. The molecule has 0 bridgehead atoms. The van der Waals surface area contributed by atoms with Crippen molar-refractivity contribution in [1.29, 1.82) is 0 Å². The number of aryl methyl sites for hydroxylation is 1. The van der Waals surface area contributed by atoms with Crippen LogP contribution in [0.15, 0.2) is 53.1 Å². The van der Waals surface area contributed by atoms with Crippen LogP contribution in [0.1, 0.15) is 29.9 Å². The minimum absolute atomic E-state index is 0.0516. The number of hydrogen-bond donors (Lipinski definition) is 1. The second-order valence-electron chi connectivity index (χ2n) is 7.78. The molecule has 0 unspecified atom stereocenters. The Balaban J connectivity index is 1.25. The first kappa shape index (κ1) is 20.6. The number of nitrogens with one attached hydrogen (secondary N) is 1. The number of carbonyl (C=O) groups excluding carboxylic acids is 1. The molecule has 2 heterocycles. The van der Waals surface area contributed by atoms with Crippen molar-refractivity contribution >= 4 is 17.5 Å². The number of piperidine rings is 1. The highest BCUT2D eigenvalue weighted by Gasteiger charge is 2.26. The molecule has 1 aromatic heterocycles. The molecule has 1 amide bonds. The Morgan fingerprint density at radius 3 is 2.77 bits per heavy atom. The van der Waals surface area contributed by atoms with Crippen molar-refractivity contribution in [1.82, 2.24) is 20.4 Å². The number of halogens is 1. The molecule has 1 saturated heterocycles. The summed E-state index contributed by atoms with van der Waals surface area (Å²) in [4.78, 5) is 19.3. The molecule has 0 radical (unpaired) electrons. The van der Waals surface area contributed by atoms with Gasteiger partial charge in [0.2, 0.25) is 17.6 Å². The number of rotatable bonds is 6. The minimum Gasteiger partial charge on any atom is -0.352 e. The van der Waals surface area contributed by atoms with Crippen LogP contribution >= 0.6 is 11.6 Å². The van der Waals surface area contributed by atoms with Crippen molar-refractivity contribution in [3.63, 3.8) is 0 Å². The largest absolute Gasteiger partial charge is 0.352 e. The molecule has 2 aromatic carbocycles. The van der Waals surface area contributed by atoms with Crippen LogP contribution in [-0.4, -0.2) is 34.0 Å². The van der Waals surface area contributed by atoms with E-state index < -0.39 is 0 Å². The molecule has 0 saturated carbocycles. The van der Waals surface area contributed by atoms with Gasteiger partial charge in [-0.2, -0.15) is 4.98 Å². The highest BCUT2D eigenvalue weighted by molar-refractivity contribution is 6.30. The van der Waals surface area contributed by atoms with Crippen molar-refractivity contribution in [2.24, 2.45) is 5.92 Å². The second kappa shape index (κ2) is 9.41. The molecule has 30 heavy (non-hydrogen) atoms. The van der Waals surface area contributed by atoms with Crippen LogP contribution in [0.3, 0.4) is 0 Å². The Labute approximate surface area is 181 Å². The molecular formula is C23H25ClN4O2. The first-order chi connectivity index (χ1) is 14.6. The highest BCUT2D eigenvalue weighted by atomic mass is 35.5. The number of benzene rings is 2. The van der Waals surface area contributed by atoms with Gasteiger partial charge >= 0.3 is 0 Å². The van der Waals surface area contributed by atoms with Gasteiger partial charge in [-0.15, -0.1) is 0 Å². The summed E-state index contributed by atoms with van der Waals surface area (Å²) in [7, 11) is 0. The van der Waals surface area contributed by atoms with E-state index in [9.17, 15) is 4.79 Å². The number of likely N-dealkylation sites (tertiary alicyclic amines) is 1. The second-order valence-corrected chi connectivity index (χ2v) is 8.22. The molecule has 4 rings (SSSR count). The van der Waals surface area contributed by atoms with Gasteiger partial charge in [0, 0.05) is 23.0 Å². The van der Waals surface area contributed by atoms with Crippen molar-refractivity contribution < 1.29 is 9.32 Å². The summed E-state index contributed by atoms with van der Waals surface area (Å²) < 4.78 is 5.41. The molecule has 1 aliphatic heterocycles. The standard InChI is InChI=1S/C23H25ClN4O2/c1-16-4-2-5-17(12-16)14-25-23(29)18-8-10-28(11-9-18)15-21-26-22(27-30-21)19-6-3-7-20(24)13-19/h2-7,12-13,18H,8-11,14-15H2,1H3,(H,25,29). The molecule has 1 aliphatic rings. The van der Waals surface area contributed by atoms with Crippen LogP contribution in [-0.2, 0) is 17.9 Å². The van der Waals surface area contributed by atoms with Gasteiger partial charge in [-0.05, 0) is 50.6 Å². The molecule has 1 fully saturated rings. The molecule has 0 aliphatic carbocycles. The van der Waals surface area contributed by atoms with Crippen LogP contribution in [0.25, 0.3) is 11.4 Å². The molecule has 1 N–H and O–H groups in total. The summed E-state index contributed by atoms with van der Waals surface area (Å²) in [5, 5.41) is 7.78. The maximum Gasteiger partial charge on any atom is 0.241 e. The van der Waals surface area contributed by atoms with Gasteiger partial charge in [-0.1, -0.05) is 58.7 Å². The predicted molar refractivity (Wildman–Crippen MR) is 116 cm³/mol. The van der Waals surface area contributed by atoms with Gasteiger partial charge in [0.1, 0.15) is 0 Å². The quantitative estimate of drug-likeness (QED) is 0.641. The van der Waals surface area contributed by atoms with Crippen LogP contribution < -0.4 is 5.32 Å².